The molecule has 4 rings (SSSR count). The summed E-state index contributed by atoms with van der Waals surface area (Å²) in [6, 6.07) is 22.0. The first-order valence-corrected chi connectivity index (χ1v) is 10.8. The van der Waals surface area contributed by atoms with Crippen molar-refractivity contribution in [3.05, 3.63) is 83.9 Å². The Morgan fingerprint density at radius 3 is 2.26 bits per heavy atom. The fraction of sp³-hybridized carbons (Fsp3) is 0.167. The summed E-state index contributed by atoms with van der Waals surface area (Å²) in [7, 11) is 3.20. The first kappa shape index (κ1) is 20.8. The number of nitrogens with one attached hydrogen (secondary N) is 1. The number of carbonyl (C=O) groups excluding carboxylic acids is 2. The molecule has 1 fully saturated rings. The molecule has 1 N–H and O–H groups in total. The summed E-state index contributed by atoms with van der Waals surface area (Å²) in [5, 5.41) is 2.76. The van der Waals surface area contributed by atoms with Crippen LogP contribution in [0.25, 0.3) is 0 Å². The predicted molar refractivity (Wildman–Crippen MR) is 123 cm³/mol. The van der Waals surface area contributed by atoms with Crippen LogP contribution in [0.15, 0.2) is 72.8 Å². The van der Waals surface area contributed by atoms with Crippen molar-refractivity contribution in [1.82, 2.24) is 0 Å². The van der Waals surface area contributed by atoms with Crippen LogP contribution < -0.4 is 19.7 Å². The van der Waals surface area contributed by atoms with Crippen LogP contribution in [0.2, 0.25) is 0 Å². The van der Waals surface area contributed by atoms with Crippen LogP contribution in [0.5, 0.6) is 11.5 Å². The summed E-state index contributed by atoms with van der Waals surface area (Å²) < 4.78 is 10.4. The molecule has 2 amide bonds. The largest absolute Gasteiger partial charge is 0.497 e. The molecule has 6 nitrogen and oxygen atoms in total. The fourth-order valence-electron chi connectivity index (χ4n) is 3.41. The summed E-state index contributed by atoms with van der Waals surface area (Å²) >= 11 is 1.56. The summed E-state index contributed by atoms with van der Waals surface area (Å²) in [5.74, 6) is 1.68. The smallest absolute Gasteiger partial charge is 0.255 e. The summed E-state index contributed by atoms with van der Waals surface area (Å²) in [6.07, 6.45) is 0. The SMILES string of the molecule is COc1ccc(C(=O)Nc2cccc([C@H]3SCC(=O)N3c3ccc(OC)cc3)c2)cc1. The molecule has 158 valence electrons. The van der Waals surface area contributed by atoms with Gasteiger partial charge in [-0.05, 0) is 66.2 Å². The molecule has 1 aliphatic heterocycles. The van der Waals surface area contributed by atoms with Crippen molar-refractivity contribution in [3.63, 3.8) is 0 Å². The number of benzene rings is 3. The van der Waals surface area contributed by atoms with Gasteiger partial charge < -0.3 is 14.8 Å². The Hall–Kier alpha value is -3.45. The summed E-state index contributed by atoms with van der Waals surface area (Å²) in [6.45, 7) is 0. The second-order valence-electron chi connectivity index (χ2n) is 6.93. The quantitative estimate of drug-likeness (QED) is 0.607. The lowest BCUT2D eigenvalue weighted by Gasteiger charge is -2.25. The number of nitrogens with zero attached hydrogens (tertiary/aromatic N) is 1. The van der Waals surface area contributed by atoms with Gasteiger partial charge in [0.1, 0.15) is 16.9 Å². The van der Waals surface area contributed by atoms with Gasteiger partial charge >= 0.3 is 0 Å². The van der Waals surface area contributed by atoms with Gasteiger partial charge in [0.05, 0.1) is 20.0 Å². The lowest BCUT2D eigenvalue weighted by atomic mass is 10.1. The van der Waals surface area contributed by atoms with Crippen LogP contribution in [0, 0.1) is 0 Å². The van der Waals surface area contributed by atoms with E-state index in [-0.39, 0.29) is 17.2 Å². The van der Waals surface area contributed by atoms with Gasteiger partial charge in [0.15, 0.2) is 0 Å². The molecule has 31 heavy (non-hydrogen) atoms. The van der Waals surface area contributed by atoms with E-state index in [1.807, 2.05) is 48.5 Å². The first-order chi connectivity index (χ1) is 15.1. The average molecular weight is 435 g/mol. The topological polar surface area (TPSA) is 67.9 Å². The van der Waals surface area contributed by atoms with Crippen LogP contribution in [0.1, 0.15) is 21.3 Å². The minimum Gasteiger partial charge on any atom is -0.497 e. The van der Waals surface area contributed by atoms with Crippen LogP contribution in [0.4, 0.5) is 11.4 Å². The van der Waals surface area contributed by atoms with E-state index in [1.54, 1.807) is 55.1 Å². The zero-order valence-corrected chi connectivity index (χ0v) is 18.0. The minimum absolute atomic E-state index is 0.0489. The number of carbonyl (C=O) groups is 2. The number of rotatable bonds is 6. The van der Waals surface area contributed by atoms with Crippen molar-refractivity contribution < 1.29 is 19.1 Å². The number of methoxy groups -OCH3 is 2. The molecule has 3 aromatic rings. The van der Waals surface area contributed by atoms with Crippen molar-refractivity contribution in [3.8, 4) is 11.5 Å². The van der Waals surface area contributed by atoms with Crippen molar-refractivity contribution in [1.29, 1.82) is 0 Å². The zero-order chi connectivity index (χ0) is 21.8. The van der Waals surface area contributed by atoms with Gasteiger partial charge in [0.2, 0.25) is 5.91 Å². The highest BCUT2D eigenvalue weighted by Gasteiger charge is 2.34. The van der Waals surface area contributed by atoms with E-state index in [0.717, 1.165) is 17.0 Å². The third-order valence-electron chi connectivity index (χ3n) is 5.00. The van der Waals surface area contributed by atoms with Crippen molar-refractivity contribution in [2.24, 2.45) is 0 Å². The number of anilines is 2. The lowest BCUT2D eigenvalue weighted by molar-refractivity contribution is -0.115. The van der Waals surface area contributed by atoms with E-state index < -0.39 is 0 Å². The van der Waals surface area contributed by atoms with Crippen LogP contribution in [-0.4, -0.2) is 31.8 Å². The normalized spacial score (nSPS) is 15.6. The van der Waals surface area contributed by atoms with Gasteiger partial charge in [0, 0.05) is 16.9 Å². The molecule has 1 atom stereocenters. The highest BCUT2D eigenvalue weighted by molar-refractivity contribution is 8.00. The van der Waals surface area contributed by atoms with E-state index in [2.05, 4.69) is 5.32 Å². The zero-order valence-electron chi connectivity index (χ0n) is 17.2. The standard InChI is InChI=1S/C24H22N2O4S/c1-29-20-10-6-16(7-11-20)23(28)25-18-5-3-4-17(14-18)24-26(22(27)15-31-24)19-8-12-21(30-2)13-9-19/h3-14,24H,15H2,1-2H3,(H,25,28)/t24-/m1/s1. The monoisotopic (exact) mass is 434 g/mol. The van der Waals surface area contributed by atoms with Gasteiger partial charge in [-0.3, -0.25) is 14.5 Å². The maximum absolute atomic E-state index is 12.6. The molecular formula is C24H22N2O4S. The molecule has 7 heteroatoms. The van der Waals surface area contributed by atoms with Crippen molar-refractivity contribution in [2.45, 2.75) is 5.37 Å². The highest BCUT2D eigenvalue weighted by Crippen LogP contribution is 2.42. The average Bonchev–Trinajstić information content (AvgIpc) is 3.20. The molecule has 1 heterocycles. The van der Waals surface area contributed by atoms with E-state index in [0.29, 0.717) is 22.8 Å². The lowest BCUT2D eigenvalue weighted by Crippen LogP contribution is -2.27. The molecule has 0 aliphatic carbocycles. The highest BCUT2D eigenvalue weighted by atomic mass is 32.2. The minimum atomic E-state index is -0.207. The summed E-state index contributed by atoms with van der Waals surface area (Å²) in [5.41, 5.74) is 2.97. The van der Waals surface area contributed by atoms with E-state index in [1.165, 1.54) is 0 Å². The summed E-state index contributed by atoms with van der Waals surface area (Å²) in [4.78, 5) is 27.0. The molecule has 1 saturated heterocycles. The Balaban J connectivity index is 1.54. The third-order valence-corrected chi connectivity index (χ3v) is 6.21. The third kappa shape index (κ3) is 4.51. The molecule has 0 saturated carbocycles. The van der Waals surface area contributed by atoms with Crippen LogP contribution in [-0.2, 0) is 4.79 Å². The molecule has 1 aliphatic rings. The number of hydrogen-bond donors (Lipinski definition) is 1. The molecule has 0 aromatic heterocycles. The van der Waals surface area contributed by atoms with Crippen LogP contribution >= 0.6 is 11.8 Å². The molecular weight excluding hydrogens is 412 g/mol. The predicted octanol–water partition coefficient (Wildman–Crippen LogP) is 4.73. The number of thioether (sulfide) groups is 1. The van der Waals surface area contributed by atoms with Crippen molar-refractivity contribution in [2.75, 3.05) is 30.2 Å². The Morgan fingerprint density at radius 2 is 1.61 bits per heavy atom. The van der Waals surface area contributed by atoms with E-state index in [9.17, 15) is 9.59 Å². The molecule has 0 unspecified atom stereocenters. The van der Waals surface area contributed by atoms with Gasteiger partial charge in [-0.2, -0.15) is 0 Å². The number of ether oxygens (including phenoxy) is 2. The van der Waals surface area contributed by atoms with E-state index in [4.69, 9.17) is 9.47 Å². The van der Waals surface area contributed by atoms with E-state index >= 15 is 0 Å². The maximum atomic E-state index is 12.6. The molecule has 3 aromatic carbocycles. The molecule has 0 bridgehead atoms. The Kier molecular flexibility index (Phi) is 6.13. The van der Waals surface area contributed by atoms with Gasteiger partial charge in [-0.1, -0.05) is 12.1 Å². The maximum Gasteiger partial charge on any atom is 0.255 e. The number of hydrogen-bond acceptors (Lipinski definition) is 5. The number of amides is 2. The second-order valence-corrected chi connectivity index (χ2v) is 8.00. The Labute approximate surface area is 185 Å². The van der Waals surface area contributed by atoms with Gasteiger partial charge in [-0.15, -0.1) is 11.8 Å². The second kappa shape index (κ2) is 9.14. The van der Waals surface area contributed by atoms with Crippen molar-refractivity contribution >= 4 is 35.0 Å². The first-order valence-electron chi connectivity index (χ1n) is 9.72. The Morgan fingerprint density at radius 1 is 0.968 bits per heavy atom. The van der Waals surface area contributed by atoms with Crippen LogP contribution in [0.3, 0.4) is 0 Å². The van der Waals surface area contributed by atoms with Gasteiger partial charge in [0.25, 0.3) is 5.91 Å². The Bertz CT molecular complexity index is 1080. The molecule has 0 spiro atoms. The van der Waals surface area contributed by atoms with Gasteiger partial charge in [-0.25, -0.2) is 0 Å². The molecule has 0 radical (unpaired) electrons. The fourth-order valence-corrected chi connectivity index (χ4v) is 4.58.